The van der Waals surface area contributed by atoms with Gasteiger partial charge in [-0.05, 0) is 24.3 Å². The molecule has 0 radical (unpaired) electrons. The number of esters is 1. The predicted octanol–water partition coefficient (Wildman–Crippen LogP) is 2.90. The summed E-state index contributed by atoms with van der Waals surface area (Å²) in [5, 5.41) is 0.644. The molecule has 0 bridgehead atoms. The van der Waals surface area contributed by atoms with Gasteiger partial charge in [-0.3, -0.25) is 4.21 Å². The van der Waals surface area contributed by atoms with E-state index in [2.05, 4.69) is 0 Å². The Bertz CT molecular complexity index is 1050. The summed E-state index contributed by atoms with van der Waals surface area (Å²) in [6.07, 6.45) is 1.50. The van der Waals surface area contributed by atoms with Gasteiger partial charge >= 0.3 is 11.6 Å². The first-order valence-electron chi connectivity index (χ1n) is 7.70. The molecule has 1 aromatic heterocycles. The van der Waals surface area contributed by atoms with Crippen LogP contribution in [-0.4, -0.2) is 23.5 Å². The van der Waals surface area contributed by atoms with Gasteiger partial charge in [0.1, 0.15) is 17.9 Å². The van der Waals surface area contributed by atoms with Crippen molar-refractivity contribution in [2.45, 2.75) is 11.5 Å². The highest BCUT2D eigenvalue weighted by Crippen LogP contribution is 2.23. The van der Waals surface area contributed by atoms with Gasteiger partial charge < -0.3 is 13.9 Å². The number of carbonyl (C=O) groups is 1. The SMILES string of the molecule is COc1ccc2c(COC(=O)c3ccccc3[S@@](C)=O)cc(=O)oc2c1. The molecular weight excluding hydrogens is 356 g/mol. The summed E-state index contributed by atoms with van der Waals surface area (Å²) >= 11 is 0. The topological polar surface area (TPSA) is 82.8 Å². The zero-order valence-electron chi connectivity index (χ0n) is 14.2. The lowest BCUT2D eigenvalue weighted by Gasteiger charge is -2.10. The maximum atomic E-state index is 12.4. The summed E-state index contributed by atoms with van der Waals surface area (Å²) in [4.78, 5) is 24.6. The zero-order chi connectivity index (χ0) is 18.7. The number of rotatable bonds is 5. The molecule has 0 unspecified atom stereocenters. The number of hydrogen-bond donors (Lipinski definition) is 0. The highest BCUT2D eigenvalue weighted by Gasteiger charge is 2.16. The van der Waals surface area contributed by atoms with E-state index < -0.39 is 22.4 Å². The summed E-state index contributed by atoms with van der Waals surface area (Å²) in [5.41, 5.74) is 0.550. The second-order valence-electron chi connectivity index (χ2n) is 5.48. The van der Waals surface area contributed by atoms with Gasteiger partial charge in [0.2, 0.25) is 0 Å². The fourth-order valence-corrected chi connectivity index (χ4v) is 3.29. The van der Waals surface area contributed by atoms with Gasteiger partial charge in [-0.15, -0.1) is 0 Å². The molecule has 6 nitrogen and oxygen atoms in total. The van der Waals surface area contributed by atoms with Crippen LogP contribution in [0, 0.1) is 0 Å². The maximum absolute atomic E-state index is 12.4. The van der Waals surface area contributed by atoms with Crippen molar-refractivity contribution in [2.75, 3.05) is 13.4 Å². The Hall–Kier alpha value is -2.93. The lowest BCUT2D eigenvalue weighted by Crippen LogP contribution is -2.10. The summed E-state index contributed by atoms with van der Waals surface area (Å²) in [6, 6.07) is 12.9. The van der Waals surface area contributed by atoms with E-state index in [1.807, 2.05) is 0 Å². The summed E-state index contributed by atoms with van der Waals surface area (Å²) < 4.78 is 27.4. The molecule has 0 saturated heterocycles. The van der Waals surface area contributed by atoms with Crippen molar-refractivity contribution in [1.29, 1.82) is 0 Å². The van der Waals surface area contributed by atoms with Crippen LogP contribution in [0.25, 0.3) is 11.0 Å². The van der Waals surface area contributed by atoms with Crippen molar-refractivity contribution < 1.29 is 22.9 Å². The van der Waals surface area contributed by atoms with Crippen LogP contribution in [0.3, 0.4) is 0 Å². The average molecular weight is 372 g/mol. The second-order valence-corrected chi connectivity index (χ2v) is 6.83. The minimum Gasteiger partial charge on any atom is -0.497 e. The van der Waals surface area contributed by atoms with Crippen molar-refractivity contribution in [3.8, 4) is 5.75 Å². The Morgan fingerprint density at radius 1 is 1.15 bits per heavy atom. The summed E-state index contributed by atoms with van der Waals surface area (Å²) in [7, 11) is 0.195. The van der Waals surface area contributed by atoms with Crippen LogP contribution in [0.2, 0.25) is 0 Å². The highest BCUT2D eigenvalue weighted by molar-refractivity contribution is 7.84. The van der Waals surface area contributed by atoms with Crippen molar-refractivity contribution >= 4 is 27.7 Å². The van der Waals surface area contributed by atoms with E-state index in [1.54, 1.807) is 42.5 Å². The van der Waals surface area contributed by atoms with Crippen molar-refractivity contribution in [2.24, 2.45) is 0 Å². The average Bonchev–Trinajstić information content (AvgIpc) is 2.65. The van der Waals surface area contributed by atoms with Gasteiger partial charge in [-0.2, -0.15) is 0 Å². The van der Waals surface area contributed by atoms with Gasteiger partial charge in [-0.1, -0.05) is 12.1 Å². The molecular formula is C19H16O6S. The summed E-state index contributed by atoms with van der Waals surface area (Å²) in [5.74, 6) is -0.0557. The molecule has 0 aliphatic carbocycles. The molecule has 0 N–H and O–H groups in total. The molecule has 7 heteroatoms. The Labute approximate surface area is 151 Å². The number of fused-ring (bicyclic) bond motifs is 1. The van der Waals surface area contributed by atoms with Gasteiger partial charge in [0.05, 0.1) is 28.4 Å². The Morgan fingerprint density at radius 3 is 2.65 bits per heavy atom. The molecule has 3 aromatic rings. The third-order valence-corrected chi connectivity index (χ3v) is 4.79. The van der Waals surface area contributed by atoms with E-state index in [0.29, 0.717) is 27.2 Å². The van der Waals surface area contributed by atoms with Crippen LogP contribution in [0.1, 0.15) is 15.9 Å². The first-order chi connectivity index (χ1) is 12.5. The smallest absolute Gasteiger partial charge is 0.339 e. The fraction of sp³-hybridized carbons (Fsp3) is 0.158. The van der Waals surface area contributed by atoms with Crippen LogP contribution in [-0.2, 0) is 22.1 Å². The van der Waals surface area contributed by atoms with Crippen molar-refractivity contribution in [3.63, 3.8) is 0 Å². The van der Waals surface area contributed by atoms with E-state index >= 15 is 0 Å². The molecule has 0 aliphatic rings. The van der Waals surface area contributed by atoms with E-state index in [4.69, 9.17) is 13.9 Å². The van der Waals surface area contributed by atoms with E-state index in [-0.39, 0.29) is 12.2 Å². The third kappa shape index (κ3) is 3.67. The van der Waals surface area contributed by atoms with E-state index in [0.717, 1.165) is 0 Å². The van der Waals surface area contributed by atoms with E-state index in [9.17, 15) is 13.8 Å². The van der Waals surface area contributed by atoms with Gasteiger partial charge in [0.15, 0.2) is 0 Å². The largest absolute Gasteiger partial charge is 0.497 e. The molecule has 2 aromatic carbocycles. The van der Waals surface area contributed by atoms with Crippen molar-refractivity contribution in [3.05, 3.63) is 70.1 Å². The lowest BCUT2D eigenvalue weighted by atomic mass is 10.1. The molecule has 0 spiro atoms. The highest BCUT2D eigenvalue weighted by atomic mass is 32.2. The molecule has 0 saturated carbocycles. The molecule has 0 aliphatic heterocycles. The molecule has 26 heavy (non-hydrogen) atoms. The Balaban J connectivity index is 1.89. The Kier molecular flexibility index (Phi) is 5.18. The summed E-state index contributed by atoms with van der Waals surface area (Å²) in [6.45, 7) is -0.113. The first kappa shape index (κ1) is 17.9. The fourth-order valence-electron chi connectivity index (χ4n) is 2.56. The molecule has 1 heterocycles. The molecule has 3 rings (SSSR count). The normalized spacial score (nSPS) is 11.9. The Morgan fingerprint density at radius 2 is 1.92 bits per heavy atom. The lowest BCUT2D eigenvalue weighted by molar-refractivity contribution is 0.0469. The van der Waals surface area contributed by atoms with Gasteiger partial charge in [0, 0.05) is 29.3 Å². The molecule has 0 amide bonds. The number of ether oxygens (including phenoxy) is 2. The standard InChI is InChI=1S/C19H16O6S/c1-23-13-7-8-14-12(9-18(20)25-16(14)10-13)11-24-19(21)15-5-3-4-6-17(15)26(2)22/h3-10H,11H2,1-2H3/t26-/m1/s1. The maximum Gasteiger partial charge on any atom is 0.339 e. The minimum atomic E-state index is -1.32. The van der Waals surface area contributed by atoms with Crippen LogP contribution >= 0.6 is 0 Å². The van der Waals surface area contributed by atoms with Crippen LogP contribution in [0.15, 0.2) is 62.6 Å². The number of carbonyl (C=O) groups excluding carboxylic acids is 1. The number of methoxy groups -OCH3 is 1. The molecule has 1 atom stereocenters. The predicted molar refractivity (Wildman–Crippen MR) is 96.9 cm³/mol. The van der Waals surface area contributed by atoms with Gasteiger partial charge in [-0.25, -0.2) is 9.59 Å². The second kappa shape index (κ2) is 7.53. The van der Waals surface area contributed by atoms with Crippen molar-refractivity contribution in [1.82, 2.24) is 0 Å². The van der Waals surface area contributed by atoms with E-state index in [1.165, 1.54) is 19.4 Å². The zero-order valence-corrected chi connectivity index (χ0v) is 15.0. The van der Waals surface area contributed by atoms with Crippen LogP contribution in [0.4, 0.5) is 0 Å². The van der Waals surface area contributed by atoms with Gasteiger partial charge in [0.25, 0.3) is 0 Å². The monoisotopic (exact) mass is 372 g/mol. The number of hydrogen-bond acceptors (Lipinski definition) is 6. The molecule has 0 fully saturated rings. The third-order valence-electron chi connectivity index (χ3n) is 3.81. The van der Waals surface area contributed by atoms with Crippen LogP contribution < -0.4 is 10.4 Å². The quantitative estimate of drug-likeness (QED) is 0.506. The van der Waals surface area contributed by atoms with Crippen LogP contribution in [0.5, 0.6) is 5.75 Å². The number of benzene rings is 2. The first-order valence-corrected chi connectivity index (χ1v) is 9.26. The molecule has 134 valence electrons. The minimum absolute atomic E-state index is 0.113.